The van der Waals surface area contributed by atoms with Crippen LogP contribution in [0.2, 0.25) is 0 Å². The Balaban J connectivity index is 1.70. The van der Waals surface area contributed by atoms with Crippen molar-refractivity contribution in [3.05, 3.63) is 98.2 Å². The molecule has 0 unspecified atom stereocenters. The first-order chi connectivity index (χ1) is 15.4. The second kappa shape index (κ2) is 7.39. The summed E-state index contributed by atoms with van der Waals surface area (Å²) in [6, 6.07) is 14.9. The van der Waals surface area contributed by atoms with E-state index >= 15 is 0 Å². The molecule has 5 rings (SSSR count). The third-order valence-electron chi connectivity index (χ3n) is 5.08. The molecule has 32 heavy (non-hydrogen) atoms. The third kappa shape index (κ3) is 3.20. The zero-order valence-electron chi connectivity index (χ0n) is 17.1. The Labute approximate surface area is 180 Å². The maximum Gasteiger partial charge on any atom is 0.351 e. The van der Waals surface area contributed by atoms with Gasteiger partial charge in [-0.25, -0.2) is 9.59 Å². The summed E-state index contributed by atoms with van der Waals surface area (Å²) in [5, 5.41) is 0.799. The molecule has 0 aliphatic heterocycles. The fraction of sp³-hybridized carbons (Fsp3) is 0.0800. The van der Waals surface area contributed by atoms with E-state index in [1.165, 1.54) is 12.3 Å². The molecule has 0 bridgehead atoms. The Bertz CT molecular complexity index is 1620. The average Bonchev–Trinajstić information content (AvgIpc) is 3.30. The van der Waals surface area contributed by atoms with Crippen LogP contribution in [0.5, 0.6) is 5.75 Å². The van der Waals surface area contributed by atoms with Crippen molar-refractivity contribution in [2.75, 3.05) is 0 Å². The standard InChI is InChI=1S/C25H16O7/c1-13-10-14(2)21-16(11-13)20(26)23(22(31-21)19-8-5-9-29-19)32-25(28)17-12-15-6-3-4-7-18(15)30-24(17)27/h3-12H,1-2H3. The van der Waals surface area contributed by atoms with Gasteiger partial charge in [0.2, 0.25) is 16.9 Å². The van der Waals surface area contributed by atoms with E-state index < -0.39 is 17.0 Å². The Morgan fingerprint density at radius 2 is 1.75 bits per heavy atom. The first-order valence-electron chi connectivity index (χ1n) is 9.79. The molecule has 0 atom stereocenters. The minimum Gasteiger partial charge on any atom is -0.461 e. The van der Waals surface area contributed by atoms with Gasteiger partial charge < -0.3 is 18.0 Å². The lowest BCUT2D eigenvalue weighted by Gasteiger charge is -2.10. The zero-order valence-corrected chi connectivity index (χ0v) is 17.1. The number of hydrogen-bond donors (Lipinski definition) is 0. The second-order valence-electron chi connectivity index (χ2n) is 7.40. The van der Waals surface area contributed by atoms with Gasteiger partial charge in [0, 0.05) is 5.39 Å². The first kappa shape index (κ1) is 19.6. The molecule has 2 aromatic carbocycles. The van der Waals surface area contributed by atoms with E-state index in [9.17, 15) is 14.4 Å². The molecule has 0 saturated carbocycles. The molecular formula is C25H16O7. The average molecular weight is 428 g/mol. The van der Waals surface area contributed by atoms with Crippen LogP contribution in [-0.2, 0) is 0 Å². The van der Waals surface area contributed by atoms with Crippen LogP contribution in [0.1, 0.15) is 21.5 Å². The molecule has 0 spiro atoms. The van der Waals surface area contributed by atoms with Crippen molar-refractivity contribution in [3.8, 4) is 17.3 Å². The third-order valence-corrected chi connectivity index (χ3v) is 5.08. The number of aryl methyl sites for hydroxylation is 2. The number of carbonyl (C=O) groups excluding carboxylic acids is 1. The highest BCUT2D eigenvalue weighted by Crippen LogP contribution is 2.33. The Hall–Kier alpha value is -4.39. The van der Waals surface area contributed by atoms with Gasteiger partial charge in [-0.1, -0.05) is 24.3 Å². The molecule has 0 aliphatic rings. The van der Waals surface area contributed by atoms with Crippen molar-refractivity contribution < 1.29 is 22.8 Å². The molecule has 7 nitrogen and oxygen atoms in total. The lowest BCUT2D eigenvalue weighted by atomic mass is 10.1. The molecule has 3 aromatic heterocycles. The topological polar surface area (TPSA) is 99.9 Å². The van der Waals surface area contributed by atoms with Crippen LogP contribution in [0.25, 0.3) is 33.5 Å². The Kier molecular flexibility index (Phi) is 4.52. The summed E-state index contributed by atoms with van der Waals surface area (Å²) in [6.45, 7) is 3.66. The van der Waals surface area contributed by atoms with Gasteiger partial charge in [-0.05, 0) is 55.3 Å². The Morgan fingerprint density at radius 1 is 0.938 bits per heavy atom. The number of para-hydroxylation sites is 1. The van der Waals surface area contributed by atoms with Gasteiger partial charge in [-0.2, -0.15) is 0 Å². The monoisotopic (exact) mass is 428 g/mol. The summed E-state index contributed by atoms with van der Waals surface area (Å²) in [6.07, 6.45) is 1.41. The molecule has 0 fully saturated rings. The van der Waals surface area contributed by atoms with Crippen LogP contribution in [0.15, 0.2) is 83.7 Å². The quantitative estimate of drug-likeness (QED) is 0.295. The summed E-state index contributed by atoms with van der Waals surface area (Å²) in [4.78, 5) is 38.6. The highest BCUT2D eigenvalue weighted by Gasteiger charge is 2.25. The van der Waals surface area contributed by atoms with E-state index in [2.05, 4.69) is 0 Å². The summed E-state index contributed by atoms with van der Waals surface area (Å²) in [7, 11) is 0. The highest BCUT2D eigenvalue weighted by atomic mass is 16.5. The number of benzene rings is 2. The molecule has 0 radical (unpaired) electrons. The van der Waals surface area contributed by atoms with Crippen molar-refractivity contribution in [3.63, 3.8) is 0 Å². The molecule has 5 aromatic rings. The van der Waals surface area contributed by atoms with E-state index in [-0.39, 0.29) is 28.2 Å². The van der Waals surface area contributed by atoms with E-state index in [4.69, 9.17) is 18.0 Å². The van der Waals surface area contributed by atoms with Gasteiger partial charge in [0.1, 0.15) is 16.7 Å². The van der Waals surface area contributed by atoms with E-state index in [0.29, 0.717) is 16.6 Å². The first-order valence-corrected chi connectivity index (χ1v) is 9.79. The number of rotatable bonds is 3. The van der Waals surface area contributed by atoms with Crippen molar-refractivity contribution in [2.45, 2.75) is 13.8 Å². The SMILES string of the molecule is Cc1cc(C)c2oc(-c3ccco3)c(OC(=O)c3cc4ccccc4oc3=O)c(=O)c2c1. The van der Waals surface area contributed by atoms with Crippen molar-refractivity contribution in [1.29, 1.82) is 0 Å². The minimum absolute atomic E-state index is 0.0435. The van der Waals surface area contributed by atoms with Gasteiger partial charge in [0.25, 0.3) is 0 Å². The molecule has 3 heterocycles. The van der Waals surface area contributed by atoms with Crippen molar-refractivity contribution in [2.24, 2.45) is 0 Å². The maximum atomic E-state index is 13.3. The maximum absolute atomic E-state index is 13.3. The number of hydrogen-bond acceptors (Lipinski definition) is 7. The second-order valence-corrected chi connectivity index (χ2v) is 7.40. The van der Waals surface area contributed by atoms with Gasteiger partial charge in [-0.3, -0.25) is 4.79 Å². The fourth-order valence-electron chi connectivity index (χ4n) is 3.65. The number of esters is 1. The number of fused-ring (bicyclic) bond motifs is 2. The van der Waals surface area contributed by atoms with Crippen molar-refractivity contribution in [1.82, 2.24) is 0 Å². The molecule has 0 saturated heterocycles. The van der Waals surface area contributed by atoms with Gasteiger partial charge >= 0.3 is 11.6 Å². The molecule has 0 amide bonds. The largest absolute Gasteiger partial charge is 0.461 e. The van der Waals surface area contributed by atoms with Crippen LogP contribution >= 0.6 is 0 Å². The lowest BCUT2D eigenvalue weighted by Crippen LogP contribution is -2.22. The summed E-state index contributed by atoms with van der Waals surface area (Å²) in [5.41, 5.74) is 0.527. The molecular weight excluding hydrogens is 412 g/mol. The molecule has 0 N–H and O–H groups in total. The lowest BCUT2D eigenvalue weighted by molar-refractivity contribution is 0.0727. The van der Waals surface area contributed by atoms with Crippen LogP contribution in [0, 0.1) is 13.8 Å². The van der Waals surface area contributed by atoms with E-state index in [0.717, 1.165) is 11.1 Å². The Morgan fingerprint density at radius 3 is 2.53 bits per heavy atom. The predicted octanol–water partition coefficient (Wildman–Crippen LogP) is 5.00. The van der Waals surface area contributed by atoms with Gasteiger partial charge in [0.15, 0.2) is 5.76 Å². The smallest absolute Gasteiger partial charge is 0.351 e. The van der Waals surface area contributed by atoms with E-state index in [1.54, 1.807) is 42.5 Å². The van der Waals surface area contributed by atoms with E-state index in [1.807, 2.05) is 19.9 Å². The number of carbonyl (C=O) groups is 1. The normalized spacial score (nSPS) is 11.2. The summed E-state index contributed by atoms with van der Waals surface area (Å²) >= 11 is 0. The predicted molar refractivity (Wildman–Crippen MR) is 117 cm³/mol. The van der Waals surface area contributed by atoms with Crippen LogP contribution < -0.4 is 15.8 Å². The summed E-state index contributed by atoms with van der Waals surface area (Å²) < 4.78 is 22.0. The van der Waals surface area contributed by atoms with Crippen LogP contribution in [0.4, 0.5) is 0 Å². The zero-order chi connectivity index (χ0) is 22.4. The van der Waals surface area contributed by atoms with Crippen LogP contribution in [-0.4, -0.2) is 5.97 Å². The molecule has 158 valence electrons. The highest BCUT2D eigenvalue weighted by molar-refractivity contribution is 5.95. The minimum atomic E-state index is -1.03. The van der Waals surface area contributed by atoms with Crippen molar-refractivity contribution >= 4 is 27.9 Å². The van der Waals surface area contributed by atoms with Gasteiger partial charge in [0.05, 0.1) is 11.6 Å². The number of ether oxygens (including phenoxy) is 1. The molecule has 0 aliphatic carbocycles. The van der Waals surface area contributed by atoms with Crippen LogP contribution in [0.3, 0.4) is 0 Å². The fourth-order valence-corrected chi connectivity index (χ4v) is 3.65. The summed E-state index contributed by atoms with van der Waals surface area (Å²) in [5.74, 6) is -1.24. The van der Waals surface area contributed by atoms with Gasteiger partial charge in [-0.15, -0.1) is 0 Å². The molecule has 7 heteroatoms. The number of furan rings is 1.